The summed E-state index contributed by atoms with van der Waals surface area (Å²) in [6, 6.07) is 12.8. The quantitative estimate of drug-likeness (QED) is 0.749. The van der Waals surface area contributed by atoms with Gasteiger partial charge in [0.25, 0.3) is 5.91 Å². The number of para-hydroxylation sites is 1. The first-order valence-electron chi connectivity index (χ1n) is 8.94. The lowest BCUT2D eigenvalue weighted by Gasteiger charge is -2.26. The van der Waals surface area contributed by atoms with Gasteiger partial charge in [0.15, 0.2) is 6.61 Å². The highest BCUT2D eigenvalue weighted by molar-refractivity contribution is 6.30. The third-order valence-corrected chi connectivity index (χ3v) is 4.45. The lowest BCUT2D eigenvalue weighted by Crippen LogP contribution is -2.39. The highest BCUT2D eigenvalue weighted by Gasteiger charge is 2.17. The molecule has 0 aliphatic heterocycles. The van der Waals surface area contributed by atoms with Gasteiger partial charge in [-0.25, -0.2) is 0 Å². The zero-order valence-corrected chi connectivity index (χ0v) is 16.7. The topological polar surface area (TPSA) is 58.6 Å². The largest absolute Gasteiger partial charge is 0.484 e. The Balaban J connectivity index is 1.90. The van der Waals surface area contributed by atoms with Gasteiger partial charge in [0.05, 0.1) is 0 Å². The summed E-state index contributed by atoms with van der Waals surface area (Å²) in [6.45, 7) is 6.25. The summed E-state index contributed by atoms with van der Waals surface area (Å²) in [7, 11) is 0. The Morgan fingerprint density at radius 3 is 2.48 bits per heavy atom. The molecule has 0 saturated heterocycles. The van der Waals surface area contributed by atoms with Crippen molar-refractivity contribution in [1.29, 1.82) is 0 Å². The molecule has 2 rings (SSSR count). The highest BCUT2D eigenvalue weighted by Crippen LogP contribution is 2.25. The van der Waals surface area contributed by atoms with Gasteiger partial charge in [0, 0.05) is 30.7 Å². The zero-order valence-electron chi connectivity index (χ0n) is 15.9. The smallest absolute Gasteiger partial charge is 0.258 e. The van der Waals surface area contributed by atoms with Crippen molar-refractivity contribution in [3.05, 3.63) is 58.6 Å². The van der Waals surface area contributed by atoms with E-state index < -0.39 is 0 Å². The van der Waals surface area contributed by atoms with Crippen LogP contribution >= 0.6 is 11.6 Å². The SMILES string of the molecule is CCc1cccc(C)c1N(CCNC(=O)COc1ccc(Cl)cc1)C(C)=O. The second-order valence-electron chi connectivity index (χ2n) is 6.20. The number of anilines is 1. The van der Waals surface area contributed by atoms with Crippen molar-refractivity contribution >= 4 is 29.1 Å². The van der Waals surface area contributed by atoms with E-state index in [4.69, 9.17) is 16.3 Å². The van der Waals surface area contributed by atoms with Crippen molar-refractivity contribution in [2.75, 3.05) is 24.6 Å². The number of rotatable bonds is 8. The summed E-state index contributed by atoms with van der Waals surface area (Å²) >= 11 is 5.81. The standard InChI is InChI=1S/C21H25ClN2O3/c1-4-17-7-5-6-15(2)21(17)24(16(3)25)13-12-23-20(26)14-27-19-10-8-18(22)9-11-19/h5-11H,4,12-14H2,1-3H3,(H,23,26). The van der Waals surface area contributed by atoms with Crippen LogP contribution in [0.3, 0.4) is 0 Å². The summed E-state index contributed by atoms with van der Waals surface area (Å²) in [6.07, 6.45) is 0.835. The second-order valence-corrected chi connectivity index (χ2v) is 6.64. The number of amides is 2. The molecule has 0 aromatic heterocycles. The molecule has 2 aromatic rings. The molecular formula is C21H25ClN2O3. The van der Waals surface area contributed by atoms with E-state index in [1.54, 1.807) is 29.2 Å². The van der Waals surface area contributed by atoms with Crippen LogP contribution in [0.4, 0.5) is 5.69 Å². The number of hydrogen-bond acceptors (Lipinski definition) is 3. The molecule has 144 valence electrons. The molecule has 0 fully saturated rings. The maximum Gasteiger partial charge on any atom is 0.258 e. The summed E-state index contributed by atoms with van der Waals surface area (Å²) in [5, 5.41) is 3.40. The molecule has 0 aliphatic carbocycles. The zero-order chi connectivity index (χ0) is 19.8. The fraction of sp³-hybridized carbons (Fsp3) is 0.333. The van der Waals surface area contributed by atoms with Crippen LogP contribution in [-0.4, -0.2) is 31.5 Å². The predicted molar refractivity (Wildman–Crippen MR) is 109 cm³/mol. The van der Waals surface area contributed by atoms with Crippen LogP contribution in [0.1, 0.15) is 25.0 Å². The van der Waals surface area contributed by atoms with Crippen LogP contribution in [0, 0.1) is 6.92 Å². The first kappa shape index (κ1) is 20.8. The lowest BCUT2D eigenvalue weighted by atomic mass is 10.0. The molecule has 0 radical (unpaired) electrons. The van der Waals surface area contributed by atoms with Crippen LogP contribution in [0.25, 0.3) is 0 Å². The van der Waals surface area contributed by atoms with Gasteiger partial charge in [0.1, 0.15) is 5.75 Å². The molecule has 0 heterocycles. The van der Waals surface area contributed by atoms with Gasteiger partial charge in [-0.05, 0) is 48.7 Å². The minimum absolute atomic E-state index is 0.0503. The number of nitrogens with one attached hydrogen (secondary N) is 1. The molecule has 1 N–H and O–H groups in total. The molecule has 2 aromatic carbocycles. The lowest BCUT2D eigenvalue weighted by molar-refractivity contribution is -0.123. The van der Waals surface area contributed by atoms with Crippen LogP contribution < -0.4 is 15.0 Å². The molecule has 0 saturated carbocycles. The summed E-state index contributed by atoms with van der Waals surface area (Å²) in [5.41, 5.74) is 3.09. The molecule has 2 amide bonds. The first-order chi connectivity index (χ1) is 12.9. The number of carbonyl (C=O) groups is 2. The molecule has 0 unspecified atom stereocenters. The van der Waals surface area contributed by atoms with Gasteiger partial charge >= 0.3 is 0 Å². The van der Waals surface area contributed by atoms with E-state index in [1.807, 2.05) is 25.1 Å². The van der Waals surface area contributed by atoms with Crippen molar-refractivity contribution in [2.24, 2.45) is 0 Å². The molecule has 0 spiro atoms. The highest BCUT2D eigenvalue weighted by atomic mass is 35.5. The van der Waals surface area contributed by atoms with Crippen molar-refractivity contribution in [1.82, 2.24) is 5.32 Å². The van der Waals surface area contributed by atoms with Crippen LogP contribution in [-0.2, 0) is 16.0 Å². The van der Waals surface area contributed by atoms with E-state index in [2.05, 4.69) is 12.2 Å². The van der Waals surface area contributed by atoms with E-state index >= 15 is 0 Å². The van der Waals surface area contributed by atoms with Crippen molar-refractivity contribution in [3.8, 4) is 5.75 Å². The average molecular weight is 389 g/mol. The first-order valence-corrected chi connectivity index (χ1v) is 9.31. The summed E-state index contributed by atoms with van der Waals surface area (Å²) < 4.78 is 5.42. The molecule has 0 aliphatic rings. The van der Waals surface area contributed by atoms with Crippen molar-refractivity contribution < 1.29 is 14.3 Å². The van der Waals surface area contributed by atoms with E-state index in [1.165, 1.54) is 6.92 Å². The second kappa shape index (κ2) is 9.97. The van der Waals surface area contributed by atoms with Gasteiger partial charge in [0.2, 0.25) is 5.91 Å². The van der Waals surface area contributed by atoms with Gasteiger partial charge in [-0.15, -0.1) is 0 Å². The average Bonchev–Trinajstić information content (AvgIpc) is 2.65. The Morgan fingerprint density at radius 2 is 1.85 bits per heavy atom. The number of carbonyl (C=O) groups excluding carboxylic acids is 2. The van der Waals surface area contributed by atoms with Gasteiger partial charge in [-0.3, -0.25) is 9.59 Å². The van der Waals surface area contributed by atoms with Crippen molar-refractivity contribution in [3.63, 3.8) is 0 Å². The Labute approximate surface area is 165 Å². The number of aryl methyl sites for hydroxylation is 2. The van der Waals surface area contributed by atoms with E-state index in [9.17, 15) is 9.59 Å². The molecule has 6 heteroatoms. The summed E-state index contributed by atoms with van der Waals surface area (Å²) in [5.74, 6) is 0.284. The number of benzene rings is 2. The van der Waals surface area contributed by atoms with Gasteiger partial charge in [-0.2, -0.15) is 0 Å². The molecule has 0 atom stereocenters. The Hall–Kier alpha value is -2.53. The maximum atomic E-state index is 12.2. The maximum absolute atomic E-state index is 12.2. The monoisotopic (exact) mass is 388 g/mol. The number of halogens is 1. The Kier molecular flexibility index (Phi) is 7.67. The minimum atomic E-state index is -0.242. The fourth-order valence-electron chi connectivity index (χ4n) is 2.86. The van der Waals surface area contributed by atoms with Crippen LogP contribution in [0.2, 0.25) is 5.02 Å². The number of nitrogens with zero attached hydrogens (tertiary/aromatic N) is 1. The third-order valence-electron chi connectivity index (χ3n) is 4.19. The Bertz CT molecular complexity index is 791. The minimum Gasteiger partial charge on any atom is -0.484 e. The van der Waals surface area contributed by atoms with E-state index in [0.29, 0.717) is 23.9 Å². The van der Waals surface area contributed by atoms with Crippen molar-refractivity contribution in [2.45, 2.75) is 27.2 Å². The third kappa shape index (κ3) is 6.00. The molecule has 0 bridgehead atoms. The predicted octanol–water partition coefficient (Wildman–Crippen LogP) is 3.76. The fourth-order valence-corrected chi connectivity index (χ4v) is 2.98. The molecule has 27 heavy (non-hydrogen) atoms. The van der Waals surface area contributed by atoms with Crippen LogP contribution in [0.15, 0.2) is 42.5 Å². The van der Waals surface area contributed by atoms with Gasteiger partial charge in [-0.1, -0.05) is 36.7 Å². The summed E-state index contributed by atoms with van der Waals surface area (Å²) in [4.78, 5) is 25.9. The van der Waals surface area contributed by atoms with E-state index in [0.717, 1.165) is 23.2 Å². The molecular weight excluding hydrogens is 364 g/mol. The van der Waals surface area contributed by atoms with Crippen LogP contribution in [0.5, 0.6) is 5.75 Å². The Morgan fingerprint density at radius 1 is 1.15 bits per heavy atom. The van der Waals surface area contributed by atoms with E-state index in [-0.39, 0.29) is 18.4 Å². The van der Waals surface area contributed by atoms with Gasteiger partial charge < -0.3 is 15.0 Å². The normalized spacial score (nSPS) is 10.4. The number of hydrogen-bond donors (Lipinski definition) is 1. The molecule has 5 nitrogen and oxygen atoms in total. The number of ether oxygens (including phenoxy) is 1.